The van der Waals surface area contributed by atoms with Crippen LogP contribution in [0.1, 0.15) is 39.0 Å². The molecule has 0 heterocycles. The fourth-order valence-corrected chi connectivity index (χ4v) is 2.63. The standard InChI is InChI=1S/C15H20F2N2O/c1-10-2-4-11(5-3-10)8-15(19-20)18-12-6-7-13(16)14(17)9-12/h6-7,9-11,20H,2-5,8H2,1H3,(H,18,19). The lowest BCUT2D eigenvalue weighted by Crippen LogP contribution is -2.24. The predicted molar refractivity (Wildman–Crippen MR) is 74.1 cm³/mol. The minimum atomic E-state index is -0.935. The Morgan fingerprint density at radius 3 is 2.55 bits per heavy atom. The van der Waals surface area contributed by atoms with Crippen LogP contribution in [0.2, 0.25) is 0 Å². The predicted octanol–water partition coefficient (Wildman–Crippen LogP) is 4.19. The summed E-state index contributed by atoms with van der Waals surface area (Å²) in [5.41, 5.74) is 2.37. The van der Waals surface area contributed by atoms with Gasteiger partial charge in [-0.15, -0.1) is 0 Å². The van der Waals surface area contributed by atoms with Crippen molar-refractivity contribution in [2.75, 3.05) is 0 Å². The molecule has 0 aromatic heterocycles. The SMILES string of the molecule is CC1CCC(CC(=Nc2ccc(F)c(F)c2)NO)CC1. The van der Waals surface area contributed by atoms with Crippen molar-refractivity contribution < 1.29 is 14.0 Å². The first-order chi connectivity index (χ1) is 9.58. The first-order valence-electron chi connectivity index (χ1n) is 7.01. The molecule has 0 atom stereocenters. The number of rotatable bonds is 3. The summed E-state index contributed by atoms with van der Waals surface area (Å²) in [5.74, 6) is -0.191. The van der Waals surface area contributed by atoms with Crippen LogP contribution in [0.15, 0.2) is 23.2 Å². The quantitative estimate of drug-likeness (QED) is 0.496. The number of hydrogen-bond acceptors (Lipinski definition) is 2. The van der Waals surface area contributed by atoms with Crippen LogP contribution in [-0.4, -0.2) is 11.0 Å². The minimum Gasteiger partial charge on any atom is -0.290 e. The maximum absolute atomic E-state index is 13.1. The van der Waals surface area contributed by atoms with Gasteiger partial charge in [0.1, 0.15) is 5.84 Å². The molecule has 20 heavy (non-hydrogen) atoms. The summed E-state index contributed by atoms with van der Waals surface area (Å²) >= 11 is 0. The third-order valence-corrected chi connectivity index (χ3v) is 3.91. The van der Waals surface area contributed by atoms with Crippen LogP contribution >= 0.6 is 0 Å². The molecular weight excluding hydrogens is 262 g/mol. The van der Waals surface area contributed by atoms with E-state index in [2.05, 4.69) is 17.4 Å². The Kier molecular flexibility index (Phi) is 5.06. The Bertz CT molecular complexity index is 483. The molecular formula is C15H20F2N2O. The van der Waals surface area contributed by atoms with Crippen molar-refractivity contribution in [3.8, 4) is 0 Å². The van der Waals surface area contributed by atoms with Crippen molar-refractivity contribution >= 4 is 11.5 Å². The normalized spacial score (nSPS) is 23.7. The van der Waals surface area contributed by atoms with Gasteiger partial charge in [0.15, 0.2) is 11.6 Å². The van der Waals surface area contributed by atoms with Gasteiger partial charge in [-0.3, -0.25) is 10.7 Å². The summed E-state index contributed by atoms with van der Waals surface area (Å²) in [7, 11) is 0. The average Bonchev–Trinajstić information content (AvgIpc) is 2.44. The highest BCUT2D eigenvalue weighted by Crippen LogP contribution is 2.30. The van der Waals surface area contributed by atoms with Crippen molar-refractivity contribution in [1.82, 2.24) is 5.48 Å². The highest BCUT2D eigenvalue weighted by atomic mass is 19.2. The van der Waals surface area contributed by atoms with Crippen molar-refractivity contribution in [2.45, 2.75) is 39.0 Å². The van der Waals surface area contributed by atoms with E-state index in [1.54, 1.807) is 0 Å². The van der Waals surface area contributed by atoms with Gasteiger partial charge in [0.2, 0.25) is 0 Å². The summed E-state index contributed by atoms with van der Waals surface area (Å²) < 4.78 is 25.9. The Hall–Kier alpha value is -1.49. The summed E-state index contributed by atoms with van der Waals surface area (Å²) in [4.78, 5) is 4.14. The number of nitrogens with one attached hydrogen (secondary N) is 1. The van der Waals surface area contributed by atoms with Gasteiger partial charge in [-0.05, 0) is 36.8 Å². The average molecular weight is 282 g/mol. The lowest BCUT2D eigenvalue weighted by atomic mass is 9.81. The Balaban J connectivity index is 2.03. The van der Waals surface area contributed by atoms with Crippen molar-refractivity contribution in [3.05, 3.63) is 29.8 Å². The van der Waals surface area contributed by atoms with E-state index in [0.717, 1.165) is 30.9 Å². The number of hydrogen-bond donors (Lipinski definition) is 2. The molecule has 110 valence electrons. The van der Waals surface area contributed by atoms with Crippen LogP contribution in [0.4, 0.5) is 14.5 Å². The van der Waals surface area contributed by atoms with Gasteiger partial charge < -0.3 is 0 Å². The van der Waals surface area contributed by atoms with Crippen LogP contribution in [0, 0.1) is 23.5 Å². The zero-order chi connectivity index (χ0) is 14.5. The van der Waals surface area contributed by atoms with Gasteiger partial charge in [-0.25, -0.2) is 13.8 Å². The second-order valence-electron chi connectivity index (χ2n) is 5.60. The Morgan fingerprint density at radius 1 is 1.25 bits per heavy atom. The number of halogens is 2. The van der Waals surface area contributed by atoms with Gasteiger partial charge in [0.05, 0.1) is 5.69 Å². The van der Waals surface area contributed by atoms with E-state index in [1.807, 2.05) is 0 Å². The molecule has 2 rings (SSSR count). The number of aliphatic imine (C=N–C) groups is 1. The Labute approximate surface area is 117 Å². The molecule has 1 aliphatic carbocycles. The molecule has 2 N–H and O–H groups in total. The van der Waals surface area contributed by atoms with Crippen LogP contribution in [0.5, 0.6) is 0 Å². The smallest absolute Gasteiger partial charge is 0.160 e. The lowest BCUT2D eigenvalue weighted by molar-refractivity contribution is 0.224. The van der Waals surface area contributed by atoms with Crippen LogP contribution in [-0.2, 0) is 0 Å². The molecule has 5 heteroatoms. The fourth-order valence-electron chi connectivity index (χ4n) is 2.63. The number of hydroxylamine groups is 1. The van der Waals surface area contributed by atoms with Gasteiger partial charge in [0.25, 0.3) is 0 Å². The summed E-state index contributed by atoms with van der Waals surface area (Å²) in [6.45, 7) is 2.25. The van der Waals surface area contributed by atoms with Gasteiger partial charge in [-0.1, -0.05) is 19.8 Å². The number of amidine groups is 1. The van der Waals surface area contributed by atoms with Crippen molar-refractivity contribution in [2.24, 2.45) is 16.8 Å². The molecule has 0 bridgehead atoms. The second-order valence-corrected chi connectivity index (χ2v) is 5.60. The molecule has 1 fully saturated rings. The zero-order valence-electron chi connectivity index (χ0n) is 11.6. The maximum atomic E-state index is 13.1. The minimum absolute atomic E-state index is 0.296. The summed E-state index contributed by atoms with van der Waals surface area (Å²) in [6.07, 6.45) is 5.23. The van der Waals surface area contributed by atoms with Crippen LogP contribution < -0.4 is 5.48 Å². The van der Waals surface area contributed by atoms with E-state index in [9.17, 15) is 8.78 Å². The van der Waals surface area contributed by atoms with E-state index < -0.39 is 11.6 Å². The Morgan fingerprint density at radius 2 is 1.95 bits per heavy atom. The monoisotopic (exact) mass is 282 g/mol. The molecule has 0 spiro atoms. The molecule has 0 aliphatic heterocycles. The molecule has 1 saturated carbocycles. The van der Waals surface area contributed by atoms with E-state index in [1.165, 1.54) is 18.9 Å². The van der Waals surface area contributed by atoms with Crippen LogP contribution in [0.25, 0.3) is 0 Å². The first-order valence-corrected chi connectivity index (χ1v) is 7.01. The molecule has 0 radical (unpaired) electrons. The molecule has 1 aromatic carbocycles. The van der Waals surface area contributed by atoms with Crippen molar-refractivity contribution in [1.29, 1.82) is 0 Å². The van der Waals surface area contributed by atoms with Gasteiger partial charge in [0, 0.05) is 12.5 Å². The van der Waals surface area contributed by atoms with Gasteiger partial charge in [-0.2, -0.15) is 0 Å². The van der Waals surface area contributed by atoms with E-state index in [0.29, 0.717) is 23.9 Å². The third-order valence-electron chi connectivity index (χ3n) is 3.91. The molecule has 1 aliphatic rings. The summed E-state index contributed by atoms with van der Waals surface area (Å²) in [5, 5.41) is 9.15. The largest absolute Gasteiger partial charge is 0.290 e. The van der Waals surface area contributed by atoms with Gasteiger partial charge >= 0.3 is 0 Å². The molecule has 0 saturated heterocycles. The van der Waals surface area contributed by atoms with E-state index in [-0.39, 0.29) is 0 Å². The first kappa shape index (κ1) is 14.9. The molecule has 1 aromatic rings. The van der Waals surface area contributed by atoms with E-state index >= 15 is 0 Å². The second kappa shape index (κ2) is 6.79. The highest BCUT2D eigenvalue weighted by molar-refractivity contribution is 5.83. The topological polar surface area (TPSA) is 44.6 Å². The molecule has 0 unspecified atom stereocenters. The molecule has 3 nitrogen and oxygen atoms in total. The lowest BCUT2D eigenvalue weighted by Gasteiger charge is -2.26. The molecule has 0 amide bonds. The third kappa shape index (κ3) is 4.00. The van der Waals surface area contributed by atoms with E-state index in [4.69, 9.17) is 5.21 Å². The summed E-state index contributed by atoms with van der Waals surface area (Å²) in [6, 6.07) is 3.44. The van der Waals surface area contributed by atoms with Crippen LogP contribution in [0.3, 0.4) is 0 Å². The highest BCUT2D eigenvalue weighted by Gasteiger charge is 2.19. The number of nitrogens with zero attached hydrogens (tertiary/aromatic N) is 1. The zero-order valence-corrected chi connectivity index (χ0v) is 11.6. The maximum Gasteiger partial charge on any atom is 0.160 e. The number of benzene rings is 1. The van der Waals surface area contributed by atoms with Crippen molar-refractivity contribution in [3.63, 3.8) is 0 Å². The fraction of sp³-hybridized carbons (Fsp3) is 0.533.